The number of benzene rings is 1. The van der Waals surface area contributed by atoms with E-state index in [2.05, 4.69) is 4.72 Å². The van der Waals surface area contributed by atoms with Gasteiger partial charge in [-0.2, -0.15) is 17.4 Å². The van der Waals surface area contributed by atoms with Crippen LogP contribution in [0.4, 0.5) is 0 Å². The molecule has 1 fully saturated rings. The molecule has 2 aliphatic rings. The third-order valence-electron chi connectivity index (χ3n) is 5.29. The molecule has 0 atom stereocenters. The molecule has 0 spiro atoms. The largest absolute Gasteiger partial charge is 0.343 e. The van der Waals surface area contributed by atoms with Crippen molar-refractivity contribution < 1.29 is 22.8 Å². The van der Waals surface area contributed by atoms with Gasteiger partial charge in [0.15, 0.2) is 0 Å². The maximum atomic E-state index is 12.4. The molecule has 0 unspecified atom stereocenters. The highest BCUT2D eigenvalue weighted by Crippen LogP contribution is 2.23. The topological polar surface area (TPSA) is 107 Å². The number of rotatable bonds is 7. The number of hydrogen-bond donors (Lipinski definition) is 1. The maximum Gasteiger partial charge on any atom is 0.279 e. The van der Waals surface area contributed by atoms with Crippen molar-refractivity contribution in [3.8, 4) is 0 Å². The van der Waals surface area contributed by atoms with E-state index < -0.39 is 10.2 Å². The predicted octanol–water partition coefficient (Wildman–Crippen LogP) is 0.450. The molecule has 9 nitrogen and oxygen atoms in total. The van der Waals surface area contributed by atoms with E-state index in [1.807, 2.05) is 0 Å². The number of carbonyl (C=O) groups is 3. The number of fused-ring (bicyclic) bond motifs is 1. The van der Waals surface area contributed by atoms with Crippen molar-refractivity contribution in [2.75, 3.05) is 33.7 Å². The predicted molar refractivity (Wildman–Crippen MR) is 106 cm³/mol. The molecule has 0 aromatic heterocycles. The number of amides is 3. The Morgan fingerprint density at radius 3 is 2.17 bits per heavy atom. The fourth-order valence-corrected chi connectivity index (χ4v) is 4.42. The van der Waals surface area contributed by atoms with Crippen LogP contribution in [0.2, 0.25) is 0 Å². The van der Waals surface area contributed by atoms with Gasteiger partial charge in [-0.1, -0.05) is 12.1 Å². The molecule has 1 aromatic carbocycles. The number of nitrogens with one attached hydrogen (secondary N) is 1. The number of hydrogen-bond acceptors (Lipinski definition) is 5. The van der Waals surface area contributed by atoms with Crippen LogP contribution < -0.4 is 4.72 Å². The summed E-state index contributed by atoms with van der Waals surface area (Å²) in [5.74, 6) is -0.672. The fourth-order valence-electron chi connectivity index (χ4n) is 3.55. The van der Waals surface area contributed by atoms with Crippen molar-refractivity contribution in [1.29, 1.82) is 0 Å². The molecule has 0 aliphatic carbocycles. The molecule has 29 heavy (non-hydrogen) atoms. The second kappa shape index (κ2) is 8.60. The van der Waals surface area contributed by atoms with Gasteiger partial charge in [0.25, 0.3) is 22.0 Å². The average Bonchev–Trinajstić information content (AvgIpc) is 2.93. The van der Waals surface area contributed by atoms with Gasteiger partial charge >= 0.3 is 0 Å². The lowest BCUT2D eigenvalue weighted by Crippen LogP contribution is -2.49. The van der Waals surface area contributed by atoms with Crippen LogP contribution in [0, 0.1) is 0 Å². The molecule has 158 valence electrons. The summed E-state index contributed by atoms with van der Waals surface area (Å²) in [4.78, 5) is 40.0. The summed E-state index contributed by atoms with van der Waals surface area (Å²) in [6, 6.07) is 6.52. The third kappa shape index (κ3) is 4.65. The first-order valence-corrected chi connectivity index (χ1v) is 11.1. The monoisotopic (exact) mass is 422 g/mol. The maximum absolute atomic E-state index is 12.4. The highest BCUT2D eigenvalue weighted by atomic mass is 32.2. The van der Waals surface area contributed by atoms with Crippen LogP contribution in [-0.2, 0) is 15.0 Å². The van der Waals surface area contributed by atoms with Crippen LogP contribution in [0.3, 0.4) is 0 Å². The summed E-state index contributed by atoms with van der Waals surface area (Å²) in [6.45, 7) is 1.16. The fraction of sp³-hybridized carbons (Fsp3) is 0.526. The number of imide groups is 1. The van der Waals surface area contributed by atoms with E-state index in [0.29, 0.717) is 43.5 Å². The van der Waals surface area contributed by atoms with Gasteiger partial charge in [-0.05, 0) is 31.4 Å². The molecule has 3 rings (SSSR count). The van der Waals surface area contributed by atoms with E-state index in [9.17, 15) is 22.8 Å². The van der Waals surface area contributed by atoms with Crippen LogP contribution in [0.1, 0.15) is 46.4 Å². The molecule has 3 amide bonds. The molecule has 2 aliphatic heterocycles. The Labute approximate surface area is 170 Å². The first-order valence-electron chi connectivity index (χ1n) is 9.63. The second-order valence-electron chi connectivity index (χ2n) is 7.47. The minimum Gasteiger partial charge on any atom is -0.343 e. The molecule has 0 saturated carbocycles. The van der Waals surface area contributed by atoms with Crippen molar-refractivity contribution in [3.05, 3.63) is 35.4 Å². The number of piperidine rings is 1. The highest BCUT2D eigenvalue weighted by Gasteiger charge is 2.34. The van der Waals surface area contributed by atoms with Crippen LogP contribution >= 0.6 is 0 Å². The Bertz CT molecular complexity index is 872. The first kappa shape index (κ1) is 21.4. The molecule has 0 radical (unpaired) electrons. The average molecular weight is 423 g/mol. The van der Waals surface area contributed by atoms with Crippen LogP contribution in [-0.4, -0.2) is 80.0 Å². The normalized spacial score (nSPS) is 17.9. The molecule has 1 N–H and O–H groups in total. The summed E-state index contributed by atoms with van der Waals surface area (Å²) < 4.78 is 27.5. The number of nitrogens with zero attached hydrogens (tertiary/aromatic N) is 3. The summed E-state index contributed by atoms with van der Waals surface area (Å²) in [6.07, 6.45) is 1.74. The molecular weight excluding hydrogens is 396 g/mol. The van der Waals surface area contributed by atoms with Crippen molar-refractivity contribution in [2.24, 2.45) is 0 Å². The molecule has 1 saturated heterocycles. The Hall–Kier alpha value is -2.30. The molecule has 1 aromatic rings. The number of likely N-dealkylation sites (tertiary alicyclic amines) is 1. The van der Waals surface area contributed by atoms with Gasteiger partial charge in [0.2, 0.25) is 5.91 Å². The number of carbonyl (C=O) groups excluding carboxylic acids is 3. The zero-order valence-electron chi connectivity index (χ0n) is 16.6. The third-order valence-corrected chi connectivity index (χ3v) is 6.89. The molecule has 0 bridgehead atoms. The SMILES string of the molecule is CN(C)S(=O)(=O)NC1CCN(C(=O)CCCN2C(=O)c3ccccc3C2=O)CC1. The Balaban J connectivity index is 1.44. The minimum atomic E-state index is -3.48. The quantitative estimate of drug-likeness (QED) is 0.642. The van der Waals surface area contributed by atoms with Crippen molar-refractivity contribution in [3.63, 3.8) is 0 Å². The zero-order valence-corrected chi connectivity index (χ0v) is 17.4. The Morgan fingerprint density at radius 1 is 1.10 bits per heavy atom. The summed E-state index contributed by atoms with van der Waals surface area (Å²) in [7, 11) is -0.547. The van der Waals surface area contributed by atoms with E-state index in [4.69, 9.17) is 0 Å². The molecule has 2 heterocycles. The van der Waals surface area contributed by atoms with Crippen molar-refractivity contribution in [1.82, 2.24) is 18.8 Å². The van der Waals surface area contributed by atoms with Gasteiger partial charge in [0, 0.05) is 46.2 Å². The van der Waals surface area contributed by atoms with Crippen LogP contribution in [0.5, 0.6) is 0 Å². The Kier molecular flexibility index (Phi) is 6.35. The minimum absolute atomic E-state index is 0.0458. The Morgan fingerprint density at radius 2 is 1.66 bits per heavy atom. The summed E-state index contributed by atoms with van der Waals surface area (Å²) in [5, 5.41) is 0. The summed E-state index contributed by atoms with van der Waals surface area (Å²) in [5.41, 5.74) is 0.817. The van der Waals surface area contributed by atoms with Gasteiger partial charge in [0.05, 0.1) is 11.1 Å². The van der Waals surface area contributed by atoms with E-state index in [1.54, 1.807) is 29.2 Å². The lowest BCUT2D eigenvalue weighted by atomic mass is 10.1. The zero-order chi connectivity index (χ0) is 21.2. The lowest BCUT2D eigenvalue weighted by Gasteiger charge is -2.33. The lowest BCUT2D eigenvalue weighted by molar-refractivity contribution is -0.132. The van der Waals surface area contributed by atoms with Crippen molar-refractivity contribution in [2.45, 2.75) is 31.7 Å². The van der Waals surface area contributed by atoms with Crippen LogP contribution in [0.15, 0.2) is 24.3 Å². The van der Waals surface area contributed by atoms with Gasteiger partial charge in [-0.3, -0.25) is 19.3 Å². The first-order chi connectivity index (χ1) is 13.7. The molecular formula is C19H26N4O5S. The van der Waals surface area contributed by atoms with E-state index in [0.717, 1.165) is 4.31 Å². The van der Waals surface area contributed by atoms with Gasteiger partial charge < -0.3 is 4.90 Å². The summed E-state index contributed by atoms with van der Waals surface area (Å²) >= 11 is 0. The standard InChI is InChI=1S/C19H26N4O5S/c1-21(2)29(27,28)20-14-9-12-22(13-10-14)17(24)8-5-11-23-18(25)15-6-3-4-7-16(15)19(23)26/h3-4,6-7,14,20H,5,8-13H2,1-2H3. The van der Waals surface area contributed by atoms with E-state index in [-0.39, 0.29) is 36.7 Å². The second-order valence-corrected chi connectivity index (χ2v) is 9.39. The van der Waals surface area contributed by atoms with Gasteiger partial charge in [-0.25, -0.2) is 0 Å². The molecule has 10 heteroatoms. The van der Waals surface area contributed by atoms with Gasteiger partial charge in [0.1, 0.15) is 0 Å². The smallest absolute Gasteiger partial charge is 0.279 e. The van der Waals surface area contributed by atoms with E-state index in [1.165, 1.54) is 19.0 Å². The van der Waals surface area contributed by atoms with Crippen molar-refractivity contribution >= 4 is 27.9 Å². The highest BCUT2D eigenvalue weighted by molar-refractivity contribution is 7.87. The van der Waals surface area contributed by atoms with E-state index >= 15 is 0 Å². The van der Waals surface area contributed by atoms with Crippen LogP contribution in [0.25, 0.3) is 0 Å². The van der Waals surface area contributed by atoms with Gasteiger partial charge in [-0.15, -0.1) is 0 Å².